The minimum atomic E-state index is -1.23. The molecule has 1 aliphatic heterocycles. The third-order valence-electron chi connectivity index (χ3n) is 5.50. The average molecular weight is 576 g/mol. The summed E-state index contributed by atoms with van der Waals surface area (Å²) < 4.78 is 12.2. The first-order chi connectivity index (χ1) is 17.4. The molecule has 1 aromatic heterocycles. The summed E-state index contributed by atoms with van der Waals surface area (Å²) in [6, 6.07) is 5.30. The number of rotatable bonds is 8. The van der Waals surface area contributed by atoms with Gasteiger partial charge in [0.1, 0.15) is 23.8 Å². The molecule has 3 rings (SSSR count). The Morgan fingerprint density at radius 1 is 1.30 bits per heavy atom. The number of nitrogens with one attached hydrogen (secondary N) is 2. The summed E-state index contributed by atoms with van der Waals surface area (Å²) >= 11 is 3.44. The molecule has 0 aliphatic carbocycles. The van der Waals surface area contributed by atoms with Crippen molar-refractivity contribution >= 4 is 50.5 Å². The number of pyridine rings is 1. The first kappa shape index (κ1) is 27.9. The Balaban J connectivity index is 1.82. The average Bonchev–Trinajstić information content (AvgIpc) is 3.24. The zero-order chi connectivity index (χ0) is 27.3. The Hall–Kier alpha value is -3.67. The van der Waals surface area contributed by atoms with E-state index in [2.05, 4.69) is 38.1 Å². The summed E-state index contributed by atoms with van der Waals surface area (Å²) in [4.78, 5) is 55.5. The molecule has 0 radical (unpaired) electrons. The number of aromatic nitrogens is 1. The zero-order valence-electron chi connectivity index (χ0n) is 20.8. The van der Waals surface area contributed by atoms with Crippen LogP contribution in [-0.4, -0.2) is 70.6 Å². The quantitative estimate of drug-likeness (QED) is 0.407. The number of hydrogen-bond acceptors (Lipinski definition) is 7. The van der Waals surface area contributed by atoms with Crippen LogP contribution >= 0.6 is 15.9 Å². The second kappa shape index (κ2) is 11.6. The van der Waals surface area contributed by atoms with Gasteiger partial charge in [0.05, 0.1) is 6.54 Å². The molecular weight excluding hydrogens is 546 g/mol. The van der Waals surface area contributed by atoms with Gasteiger partial charge in [0.2, 0.25) is 23.6 Å². The van der Waals surface area contributed by atoms with Gasteiger partial charge in [-0.15, -0.1) is 0 Å². The van der Waals surface area contributed by atoms with E-state index < -0.39 is 47.6 Å². The van der Waals surface area contributed by atoms with Gasteiger partial charge in [-0.25, -0.2) is 9.78 Å². The topological polar surface area (TPSA) is 153 Å². The van der Waals surface area contributed by atoms with Crippen molar-refractivity contribution in [3.05, 3.63) is 47.6 Å². The van der Waals surface area contributed by atoms with Gasteiger partial charge in [-0.05, 0) is 50.4 Å². The van der Waals surface area contributed by atoms with E-state index in [4.69, 9.17) is 15.2 Å². The Morgan fingerprint density at radius 2 is 2.03 bits per heavy atom. The molecule has 198 valence electrons. The molecule has 2 heterocycles. The standard InChI is InChI=1S/C25H30BrN5O6/c1-5-20(32)29-12-18(30-24(35)37-25(2,3)4)23(34)31-13-16(11-19(31)21(27)33)36-22-17-10-15(26)7-6-14(17)8-9-28-22/h5-10,16,18-19H,1,11-13H2,2-4H3,(H2,27,33)(H,29,32)(H,30,35)/t16-,18+,19+/m1/s1. The number of benzene rings is 1. The third kappa shape index (κ3) is 7.42. The number of amides is 4. The van der Waals surface area contributed by atoms with E-state index in [0.717, 1.165) is 21.3 Å². The van der Waals surface area contributed by atoms with Crippen molar-refractivity contribution in [2.75, 3.05) is 13.1 Å². The van der Waals surface area contributed by atoms with Crippen LogP contribution < -0.4 is 21.1 Å². The molecule has 0 saturated carbocycles. The number of primary amides is 1. The summed E-state index contributed by atoms with van der Waals surface area (Å²) in [5.74, 6) is -1.54. The fraction of sp³-hybridized carbons (Fsp3) is 0.400. The predicted molar refractivity (Wildman–Crippen MR) is 140 cm³/mol. The molecule has 1 fully saturated rings. The minimum Gasteiger partial charge on any atom is -0.472 e. The predicted octanol–water partition coefficient (Wildman–Crippen LogP) is 2.03. The number of halogens is 1. The van der Waals surface area contributed by atoms with Crippen molar-refractivity contribution in [1.29, 1.82) is 0 Å². The number of hydrogen-bond donors (Lipinski definition) is 3. The van der Waals surface area contributed by atoms with Gasteiger partial charge in [0.15, 0.2) is 0 Å². The van der Waals surface area contributed by atoms with Gasteiger partial charge in [-0.3, -0.25) is 14.4 Å². The first-order valence-corrected chi connectivity index (χ1v) is 12.4. The lowest BCUT2D eigenvalue weighted by Gasteiger charge is -2.28. The summed E-state index contributed by atoms with van der Waals surface area (Å²) in [5.41, 5.74) is 4.80. The van der Waals surface area contributed by atoms with E-state index >= 15 is 0 Å². The van der Waals surface area contributed by atoms with Crippen LogP contribution in [0.5, 0.6) is 5.88 Å². The van der Waals surface area contributed by atoms with Gasteiger partial charge in [0.25, 0.3) is 0 Å². The second-order valence-corrected chi connectivity index (χ2v) is 10.4. The second-order valence-electron chi connectivity index (χ2n) is 9.51. The van der Waals surface area contributed by atoms with Crippen molar-refractivity contribution < 1.29 is 28.7 Å². The smallest absolute Gasteiger partial charge is 0.408 e. The molecule has 37 heavy (non-hydrogen) atoms. The van der Waals surface area contributed by atoms with E-state index in [9.17, 15) is 19.2 Å². The van der Waals surface area contributed by atoms with E-state index in [-0.39, 0.29) is 19.5 Å². The van der Waals surface area contributed by atoms with Crippen molar-refractivity contribution in [2.24, 2.45) is 5.73 Å². The lowest BCUT2D eigenvalue weighted by molar-refractivity contribution is -0.139. The highest BCUT2D eigenvalue weighted by atomic mass is 79.9. The molecule has 1 saturated heterocycles. The van der Waals surface area contributed by atoms with Crippen LogP contribution in [0.2, 0.25) is 0 Å². The molecule has 4 N–H and O–H groups in total. The number of ether oxygens (including phenoxy) is 2. The van der Waals surface area contributed by atoms with Crippen LogP contribution in [0.4, 0.5) is 4.79 Å². The van der Waals surface area contributed by atoms with Crippen molar-refractivity contribution in [3.63, 3.8) is 0 Å². The van der Waals surface area contributed by atoms with Crippen molar-refractivity contribution in [2.45, 2.75) is 51.0 Å². The zero-order valence-corrected chi connectivity index (χ0v) is 22.4. The van der Waals surface area contributed by atoms with Gasteiger partial charge < -0.3 is 30.7 Å². The monoisotopic (exact) mass is 575 g/mol. The summed E-state index contributed by atoms with van der Waals surface area (Å²) in [6.45, 7) is 8.16. The van der Waals surface area contributed by atoms with Gasteiger partial charge >= 0.3 is 6.09 Å². The molecule has 12 heteroatoms. The third-order valence-corrected chi connectivity index (χ3v) is 5.99. The van der Waals surface area contributed by atoms with E-state index in [1.165, 1.54) is 4.90 Å². The highest BCUT2D eigenvalue weighted by molar-refractivity contribution is 9.10. The van der Waals surface area contributed by atoms with Crippen molar-refractivity contribution in [1.82, 2.24) is 20.5 Å². The summed E-state index contributed by atoms with van der Waals surface area (Å²) in [6.07, 6.45) is 1.33. The fourth-order valence-corrected chi connectivity index (χ4v) is 4.25. The van der Waals surface area contributed by atoms with E-state index in [1.807, 2.05) is 24.3 Å². The Kier molecular flexibility index (Phi) is 8.74. The lowest BCUT2D eigenvalue weighted by Crippen LogP contribution is -2.57. The molecule has 11 nitrogen and oxygen atoms in total. The van der Waals surface area contributed by atoms with Crippen LogP contribution in [0.15, 0.2) is 47.6 Å². The summed E-state index contributed by atoms with van der Waals surface area (Å²) in [5, 5.41) is 6.63. The van der Waals surface area contributed by atoms with Gasteiger partial charge in [-0.2, -0.15) is 0 Å². The van der Waals surface area contributed by atoms with E-state index in [0.29, 0.717) is 5.88 Å². The molecule has 0 spiro atoms. The largest absolute Gasteiger partial charge is 0.472 e. The molecule has 2 aromatic rings. The van der Waals surface area contributed by atoms with Crippen LogP contribution in [-0.2, 0) is 19.1 Å². The summed E-state index contributed by atoms with van der Waals surface area (Å²) in [7, 11) is 0. The minimum absolute atomic E-state index is 0.0143. The number of nitrogens with zero attached hydrogens (tertiary/aromatic N) is 2. The normalized spacial score (nSPS) is 18.1. The number of likely N-dealkylation sites (tertiary alicyclic amines) is 1. The van der Waals surface area contributed by atoms with Gasteiger partial charge in [-0.1, -0.05) is 28.6 Å². The number of alkyl carbamates (subject to hydrolysis) is 1. The van der Waals surface area contributed by atoms with Crippen LogP contribution in [0.1, 0.15) is 27.2 Å². The molecule has 3 atom stereocenters. The highest BCUT2D eigenvalue weighted by Gasteiger charge is 2.42. The fourth-order valence-electron chi connectivity index (χ4n) is 3.89. The molecular formula is C25H30BrN5O6. The Morgan fingerprint density at radius 3 is 2.68 bits per heavy atom. The molecule has 0 bridgehead atoms. The first-order valence-electron chi connectivity index (χ1n) is 11.6. The Labute approximate surface area is 222 Å². The maximum atomic E-state index is 13.5. The highest BCUT2D eigenvalue weighted by Crippen LogP contribution is 2.30. The number of carbonyl (C=O) groups is 4. The number of fused-ring (bicyclic) bond motifs is 1. The molecule has 1 aromatic carbocycles. The van der Waals surface area contributed by atoms with E-state index in [1.54, 1.807) is 27.0 Å². The Bertz CT molecular complexity index is 1210. The maximum Gasteiger partial charge on any atom is 0.408 e. The molecule has 1 aliphatic rings. The van der Waals surface area contributed by atoms with Crippen LogP contribution in [0.25, 0.3) is 10.8 Å². The number of nitrogens with two attached hydrogens (primary N) is 1. The van der Waals surface area contributed by atoms with Crippen LogP contribution in [0, 0.1) is 0 Å². The molecule has 4 amide bonds. The SMILES string of the molecule is C=CC(=O)NC[C@H](NC(=O)OC(C)(C)C)C(=O)N1C[C@H](Oc2nccc3ccc(Br)cc23)C[C@H]1C(N)=O. The van der Waals surface area contributed by atoms with Crippen molar-refractivity contribution in [3.8, 4) is 5.88 Å². The lowest BCUT2D eigenvalue weighted by atomic mass is 10.1. The van der Waals surface area contributed by atoms with Gasteiger partial charge in [0, 0.05) is 29.0 Å². The van der Waals surface area contributed by atoms with Crippen LogP contribution in [0.3, 0.4) is 0 Å². The molecule has 0 unspecified atom stereocenters. The number of carbonyl (C=O) groups excluding carboxylic acids is 4. The maximum absolute atomic E-state index is 13.5.